The number of hydrogen-bond donors (Lipinski definition) is 1. The van der Waals surface area contributed by atoms with E-state index in [1.54, 1.807) is 5.56 Å². The van der Waals surface area contributed by atoms with Crippen molar-refractivity contribution in [1.29, 1.82) is 0 Å². The largest absolute Gasteiger partial charge is 0.307 e. The molecule has 1 aromatic rings. The van der Waals surface area contributed by atoms with Crippen LogP contribution in [0.1, 0.15) is 75.1 Å². The van der Waals surface area contributed by atoms with E-state index in [0.717, 1.165) is 6.04 Å². The van der Waals surface area contributed by atoms with Gasteiger partial charge in [0.1, 0.15) is 0 Å². The summed E-state index contributed by atoms with van der Waals surface area (Å²) in [7, 11) is 0. The summed E-state index contributed by atoms with van der Waals surface area (Å²) in [6.45, 7) is 6.82. The topological polar surface area (TPSA) is 12.0 Å². The molecule has 0 aromatic heterocycles. The van der Waals surface area contributed by atoms with Crippen molar-refractivity contribution < 1.29 is 0 Å². The van der Waals surface area contributed by atoms with E-state index >= 15 is 0 Å². The van der Waals surface area contributed by atoms with Gasteiger partial charge < -0.3 is 5.32 Å². The first-order valence-corrected chi connectivity index (χ1v) is 8.06. The van der Waals surface area contributed by atoms with Crippen molar-refractivity contribution in [2.24, 2.45) is 0 Å². The standard InChI is InChI=1S/C18H29N/c1-4-5-6-7-8-16-9-10-17(13-14(16)2)15(3)19-18-11-12-18/h9-10,13,15,18-19H,4-8,11-12H2,1-3H3. The van der Waals surface area contributed by atoms with Crippen LogP contribution in [-0.4, -0.2) is 6.04 Å². The molecule has 0 spiro atoms. The lowest BCUT2D eigenvalue weighted by Gasteiger charge is -2.16. The highest BCUT2D eigenvalue weighted by Crippen LogP contribution is 2.25. The number of hydrogen-bond acceptors (Lipinski definition) is 1. The molecule has 0 heterocycles. The van der Waals surface area contributed by atoms with E-state index in [2.05, 4.69) is 44.3 Å². The first kappa shape index (κ1) is 14.6. The maximum Gasteiger partial charge on any atom is 0.0294 e. The third kappa shape index (κ3) is 4.65. The summed E-state index contributed by atoms with van der Waals surface area (Å²) in [5, 5.41) is 3.68. The fourth-order valence-electron chi connectivity index (χ4n) is 2.71. The van der Waals surface area contributed by atoms with Crippen LogP contribution in [0.2, 0.25) is 0 Å². The number of benzene rings is 1. The molecule has 1 saturated carbocycles. The molecule has 0 bridgehead atoms. The van der Waals surface area contributed by atoms with Gasteiger partial charge in [0.05, 0.1) is 0 Å². The number of unbranched alkanes of at least 4 members (excludes halogenated alkanes) is 3. The first-order valence-electron chi connectivity index (χ1n) is 8.06. The third-order valence-corrected chi connectivity index (χ3v) is 4.23. The highest BCUT2D eigenvalue weighted by atomic mass is 15.0. The second kappa shape index (κ2) is 7.09. The minimum atomic E-state index is 0.500. The van der Waals surface area contributed by atoms with Gasteiger partial charge in [0.15, 0.2) is 0 Å². The zero-order valence-corrected chi connectivity index (χ0v) is 12.8. The van der Waals surface area contributed by atoms with Crippen molar-refractivity contribution in [3.8, 4) is 0 Å². The second-order valence-electron chi connectivity index (χ2n) is 6.16. The molecule has 1 aliphatic carbocycles. The average molecular weight is 259 g/mol. The summed E-state index contributed by atoms with van der Waals surface area (Å²) < 4.78 is 0. The molecule has 1 fully saturated rings. The van der Waals surface area contributed by atoms with Gasteiger partial charge in [0, 0.05) is 12.1 Å². The predicted molar refractivity (Wildman–Crippen MR) is 83.6 cm³/mol. The minimum Gasteiger partial charge on any atom is -0.307 e. The fourth-order valence-corrected chi connectivity index (χ4v) is 2.71. The Labute approximate surface area is 118 Å². The van der Waals surface area contributed by atoms with Crippen LogP contribution in [0.15, 0.2) is 18.2 Å². The molecule has 19 heavy (non-hydrogen) atoms. The Bertz CT molecular complexity index is 393. The van der Waals surface area contributed by atoms with Gasteiger partial charge in [-0.15, -0.1) is 0 Å². The van der Waals surface area contributed by atoms with Crippen molar-refractivity contribution in [3.05, 3.63) is 34.9 Å². The summed E-state index contributed by atoms with van der Waals surface area (Å²) in [5.41, 5.74) is 4.46. The van der Waals surface area contributed by atoms with Crippen LogP contribution in [0.3, 0.4) is 0 Å². The van der Waals surface area contributed by atoms with Crippen LogP contribution in [0.25, 0.3) is 0 Å². The molecule has 1 aromatic carbocycles. The van der Waals surface area contributed by atoms with Gasteiger partial charge in [-0.1, -0.05) is 44.4 Å². The smallest absolute Gasteiger partial charge is 0.0294 e. The third-order valence-electron chi connectivity index (χ3n) is 4.23. The normalized spacial score (nSPS) is 16.6. The SMILES string of the molecule is CCCCCCc1ccc(C(C)NC2CC2)cc1C. The Kier molecular flexibility index (Phi) is 5.45. The highest BCUT2D eigenvalue weighted by Gasteiger charge is 2.23. The maximum absolute atomic E-state index is 3.68. The van der Waals surface area contributed by atoms with Gasteiger partial charge in [-0.05, 0) is 56.2 Å². The van der Waals surface area contributed by atoms with Crippen molar-refractivity contribution in [2.45, 2.75) is 77.8 Å². The molecular formula is C18H29N. The van der Waals surface area contributed by atoms with Crippen molar-refractivity contribution in [1.82, 2.24) is 5.32 Å². The molecule has 1 heteroatoms. The van der Waals surface area contributed by atoms with E-state index in [1.165, 1.54) is 56.1 Å². The van der Waals surface area contributed by atoms with Crippen molar-refractivity contribution in [3.63, 3.8) is 0 Å². The van der Waals surface area contributed by atoms with E-state index in [4.69, 9.17) is 0 Å². The van der Waals surface area contributed by atoms with E-state index in [9.17, 15) is 0 Å². The van der Waals surface area contributed by atoms with Gasteiger partial charge in [-0.25, -0.2) is 0 Å². The van der Waals surface area contributed by atoms with Crippen LogP contribution >= 0.6 is 0 Å². The Morgan fingerprint density at radius 2 is 2.00 bits per heavy atom. The van der Waals surface area contributed by atoms with E-state index in [-0.39, 0.29) is 0 Å². The van der Waals surface area contributed by atoms with E-state index in [1.807, 2.05) is 0 Å². The minimum absolute atomic E-state index is 0.500. The Morgan fingerprint density at radius 1 is 1.21 bits per heavy atom. The molecule has 106 valence electrons. The molecule has 0 saturated heterocycles. The molecule has 2 rings (SSSR count). The van der Waals surface area contributed by atoms with Crippen molar-refractivity contribution in [2.75, 3.05) is 0 Å². The number of nitrogens with one attached hydrogen (secondary N) is 1. The molecule has 1 N–H and O–H groups in total. The van der Waals surface area contributed by atoms with Gasteiger partial charge in [-0.3, -0.25) is 0 Å². The van der Waals surface area contributed by atoms with Crippen LogP contribution in [0, 0.1) is 6.92 Å². The molecule has 1 aliphatic rings. The van der Waals surface area contributed by atoms with Gasteiger partial charge in [0.2, 0.25) is 0 Å². The van der Waals surface area contributed by atoms with Crippen LogP contribution in [-0.2, 0) is 6.42 Å². The van der Waals surface area contributed by atoms with Crippen molar-refractivity contribution >= 4 is 0 Å². The zero-order chi connectivity index (χ0) is 13.7. The number of rotatable bonds is 8. The first-order chi connectivity index (χ1) is 9.20. The zero-order valence-electron chi connectivity index (χ0n) is 12.8. The Hall–Kier alpha value is -0.820. The second-order valence-corrected chi connectivity index (χ2v) is 6.16. The molecule has 0 amide bonds. The molecule has 1 nitrogen and oxygen atoms in total. The lowest BCUT2D eigenvalue weighted by Crippen LogP contribution is -2.20. The van der Waals surface area contributed by atoms with Crippen LogP contribution in [0.4, 0.5) is 0 Å². The molecular weight excluding hydrogens is 230 g/mol. The monoisotopic (exact) mass is 259 g/mol. The average Bonchev–Trinajstić information content (AvgIpc) is 3.20. The summed E-state index contributed by atoms with van der Waals surface area (Å²) in [5.74, 6) is 0. The fraction of sp³-hybridized carbons (Fsp3) is 0.667. The molecule has 0 radical (unpaired) electrons. The van der Waals surface area contributed by atoms with Gasteiger partial charge in [-0.2, -0.15) is 0 Å². The maximum atomic E-state index is 3.68. The van der Waals surface area contributed by atoms with Crippen LogP contribution < -0.4 is 5.32 Å². The van der Waals surface area contributed by atoms with E-state index in [0.29, 0.717) is 6.04 Å². The molecule has 0 aliphatic heterocycles. The van der Waals surface area contributed by atoms with E-state index < -0.39 is 0 Å². The van der Waals surface area contributed by atoms with Gasteiger partial charge in [0.25, 0.3) is 0 Å². The Balaban J connectivity index is 1.88. The molecule has 1 unspecified atom stereocenters. The van der Waals surface area contributed by atoms with Gasteiger partial charge >= 0.3 is 0 Å². The summed E-state index contributed by atoms with van der Waals surface area (Å²) in [4.78, 5) is 0. The quantitative estimate of drug-likeness (QED) is 0.653. The Morgan fingerprint density at radius 3 is 2.63 bits per heavy atom. The molecule has 1 atom stereocenters. The lowest BCUT2D eigenvalue weighted by atomic mass is 9.97. The number of aryl methyl sites for hydroxylation is 2. The summed E-state index contributed by atoms with van der Waals surface area (Å²) >= 11 is 0. The lowest BCUT2D eigenvalue weighted by molar-refractivity contribution is 0.570. The highest BCUT2D eigenvalue weighted by molar-refractivity contribution is 5.32. The summed E-state index contributed by atoms with van der Waals surface area (Å²) in [6.07, 6.45) is 9.37. The predicted octanol–water partition coefficient (Wildman–Crippen LogP) is 4.93. The van der Waals surface area contributed by atoms with Crippen LogP contribution in [0.5, 0.6) is 0 Å². The summed E-state index contributed by atoms with van der Waals surface area (Å²) in [6, 6.07) is 8.34.